The first-order valence-electron chi connectivity index (χ1n) is 11.1. The fraction of sp³-hybridized carbons (Fsp3) is 0.259. The molecule has 0 saturated heterocycles. The van der Waals surface area contributed by atoms with Crippen molar-refractivity contribution < 1.29 is 28.6 Å². The number of fused-ring (bicyclic) bond motifs is 1. The van der Waals surface area contributed by atoms with Crippen LogP contribution >= 0.6 is 11.6 Å². The highest BCUT2D eigenvalue weighted by atomic mass is 35.5. The molecule has 35 heavy (non-hydrogen) atoms. The van der Waals surface area contributed by atoms with Crippen molar-refractivity contribution in [3.8, 4) is 11.5 Å². The molecule has 0 radical (unpaired) electrons. The third-order valence-electron chi connectivity index (χ3n) is 5.97. The molecule has 0 aliphatic carbocycles. The largest absolute Gasteiger partial charge is 0.493 e. The number of hydrogen-bond donors (Lipinski definition) is 1. The number of carboxylic acids is 1. The van der Waals surface area contributed by atoms with Gasteiger partial charge in [-0.1, -0.05) is 48.0 Å². The third kappa shape index (κ3) is 5.41. The zero-order valence-corrected chi connectivity index (χ0v) is 20.1. The fourth-order valence-electron chi connectivity index (χ4n) is 4.39. The number of ether oxygens (including phenoxy) is 2. The van der Waals surface area contributed by atoms with Crippen molar-refractivity contribution in [1.29, 1.82) is 0 Å². The fourth-order valence-corrected chi connectivity index (χ4v) is 4.58. The van der Waals surface area contributed by atoms with Gasteiger partial charge in [-0.3, -0.25) is 9.59 Å². The molecule has 3 aromatic carbocycles. The molecule has 1 aliphatic heterocycles. The average molecular weight is 498 g/mol. The number of amides is 1. The topological polar surface area (TPSA) is 76.1 Å². The smallest absolute Gasteiger partial charge is 0.323 e. The van der Waals surface area contributed by atoms with Crippen molar-refractivity contribution in [3.63, 3.8) is 0 Å². The van der Waals surface area contributed by atoms with Crippen LogP contribution in [0.25, 0.3) is 0 Å². The van der Waals surface area contributed by atoms with Crippen LogP contribution in [0.15, 0.2) is 60.7 Å². The summed E-state index contributed by atoms with van der Waals surface area (Å²) >= 11 is 6.24. The highest BCUT2D eigenvalue weighted by Crippen LogP contribution is 2.44. The Balaban J connectivity index is 1.63. The van der Waals surface area contributed by atoms with Crippen molar-refractivity contribution in [1.82, 2.24) is 4.90 Å². The average Bonchev–Trinajstić information content (AvgIpc) is 3.16. The molecule has 1 aliphatic rings. The van der Waals surface area contributed by atoms with E-state index in [1.807, 2.05) is 6.92 Å². The van der Waals surface area contributed by atoms with E-state index >= 15 is 0 Å². The van der Waals surface area contributed by atoms with E-state index in [-0.39, 0.29) is 17.9 Å². The number of carbonyl (C=O) groups excluding carboxylic acids is 1. The van der Waals surface area contributed by atoms with Gasteiger partial charge in [-0.2, -0.15) is 0 Å². The van der Waals surface area contributed by atoms with E-state index in [2.05, 4.69) is 0 Å². The molecule has 3 aromatic rings. The summed E-state index contributed by atoms with van der Waals surface area (Å²) in [6.07, 6.45) is 0.760. The summed E-state index contributed by atoms with van der Waals surface area (Å²) in [7, 11) is 1.47. The lowest BCUT2D eigenvalue weighted by Gasteiger charge is -2.24. The molecular weight excluding hydrogens is 473 g/mol. The molecule has 8 heteroatoms. The molecule has 1 unspecified atom stereocenters. The number of carbonyl (C=O) groups is 2. The zero-order chi connectivity index (χ0) is 25.2. The second kappa shape index (κ2) is 9.96. The van der Waals surface area contributed by atoms with Crippen molar-refractivity contribution >= 4 is 23.5 Å². The SMILES string of the molecule is COc1cc(C(=O)N(CC(=O)O)Cc2ccccc2Cl)cc2c1OC(C)(Cc1ccccc1F)C2. The molecular formula is C27H25ClFNO5. The van der Waals surface area contributed by atoms with Gasteiger partial charge in [0.15, 0.2) is 11.5 Å². The summed E-state index contributed by atoms with van der Waals surface area (Å²) < 4.78 is 26.0. The number of methoxy groups -OCH3 is 1. The van der Waals surface area contributed by atoms with Crippen LogP contribution in [-0.4, -0.2) is 41.1 Å². The minimum atomic E-state index is -1.14. The maximum atomic E-state index is 14.3. The highest BCUT2D eigenvalue weighted by molar-refractivity contribution is 6.31. The first kappa shape index (κ1) is 24.5. The minimum Gasteiger partial charge on any atom is -0.493 e. The Morgan fingerprint density at radius 2 is 1.83 bits per heavy atom. The molecule has 0 bridgehead atoms. The van der Waals surface area contributed by atoms with Crippen LogP contribution in [0.2, 0.25) is 5.02 Å². The summed E-state index contributed by atoms with van der Waals surface area (Å²) in [5.74, 6) is -1.06. The van der Waals surface area contributed by atoms with Gasteiger partial charge in [-0.15, -0.1) is 0 Å². The Hall–Kier alpha value is -3.58. The lowest BCUT2D eigenvalue weighted by Crippen LogP contribution is -2.35. The number of carboxylic acid groups (broad SMARTS) is 1. The van der Waals surface area contributed by atoms with Crippen LogP contribution in [0.5, 0.6) is 11.5 Å². The molecule has 182 valence electrons. The summed E-state index contributed by atoms with van der Waals surface area (Å²) in [5.41, 5.74) is 1.44. The standard InChI is InChI=1S/C27H25ClFNO5/c1-27(13-17-7-4-6-10-22(17)29)14-20-11-19(12-23(34-2)25(20)35-27)26(33)30(16-24(31)32)15-18-8-3-5-9-21(18)28/h3-12H,13-16H2,1-2H3,(H,31,32). The number of halogens is 2. The van der Waals surface area contributed by atoms with E-state index < -0.39 is 24.0 Å². The van der Waals surface area contributed by atoms with Gasteiger partial charge in [0.25, 0.3) is 5.91 Å². The van der Waals surface area contributed by atoms with Crippen LogP contribution in [0.3, 0.4) is 0 Å². The first-order valence-corrected chi connectivity index (χ1v) is 11.4. The number of rotatable bonds is 8. The predicted octanol–water partition coefficient (Wildman–Crippen LogP) is 5.15. The number of benzene rings is 3. The molecule has 0 aromatic heterocycles. The Morgan fingerprint density at radius 1 is 1.14 bits per heavy atom. The summed E-state index contributed by atoms with van der Waals surface area (Å²) in [6, 6.07) is 16.7. The molecule has 0 fully saturated rings. The first-order chi connectivity index (χ1) is 16.7. The second-order valence-electron chi connectivity index (χ2n) is 8.81. The lowest BCUT2D eigenvalue weighted by molar-refractivity contribution is -0.137. The van der Waals surface area contributed by atoms with Gasteiger partial charge in [0.05, 0.1) is 7.11 Å². The Morgan fingerprint density at radius 3 is 2.49 bits per heavy atom. The van der Waals surface area contributed by atoms with Gasteiger partial charge in [-0.05, 0) is 42.3 Å². The zero-order valence-electron chi connectivity index (χ0n) is 19.4. The van der Waals surface area contributed by atoms with Crippen LogP contribution < -0.4 is 9.47 Å². The predicted molar refractivity (Wildman–Crippen MR) is 130 cm³/mol. The number of hydrogen-bond acceptors (Lipinski definition) is 4. The van der Waals surface area contributed by atoms with E-state index in [1.54, 1.807) is 48.5 Å². The molecule has 1 amide bonds. The molecule has 6 nitrogen and oxygen atoms in total. The monoisotopic (exact) mass is 497 g/mol. The van der Waals surface area contributed by atoms with Crippen molar-refractivity contribution in [2.45, 2.75) is 31.9 Å². The van der Waals surface area contributed by atoms with Gasteiger partial charge in [0.2, 0.25) is 0 Å². The van der Waals surface area contributed by atoms with Gasteiger partial charge in [-0.25, -0.2) is 4.39 Å². The van der Waals surface area contributed by atoms with Gasteiger partial charge in [0.1, 0.15) is 18.0 Å². The number of nitrogens with zero attached hydrogens (tertiary/aromatic N) is 1. The quantitative estimate of drug-likeness (QED) is 0.465. The van der Waals surface area contributed by atoms with E-state index in [4.69, 9.17) is 21.1 Å². The second-order valence-corrected chi connectivity index (χ2v) is 9.22. The summed E-state index contributed by atoms with van der Waals surface area (Å²) in [6.45, 7) is 1.42. The van der Waals surface area contributed by atoms with Gasteiger partial charge >= 0.3 is 5.97 Å². The summed E-state index contributed by atoms with van der Waals surface area (Å²) in [5, 5.41) is 9.86. The van der Waals surface area contributed by atoms with Crippen molar-refractivity contribution in [3.05, 3.63) is 93.8 Å². The van der Waals surface area contributed by atoms with E-state index in [0.29, 0.717) is 40.5 Å². The van der Waals surface area contributed by atoms with Crippen LogP contribution in [0.1, 0.15) is 34.0 Å². The molecule has 0 spiro atoms. The van der Waals surface area contributed by atoms with Crippen molar-refractivity contribution in [2.24, 2.45) is 0 Å². The van der Waals surface area contributed by atoms with E-state index in [1.165, 1.54) is 24.1 Å². The van der Waals surface area contributed by atoms with Crippen molar-refractivity contribution in [2.75, 3.05) is 13.7 Å². The maximum Gasteiger partial charge on any atom is 0.323 e. The van der Waals surface area contributed by atoms with Crippen LogP contribution in [0.4, 0.5) is 4.39 Å². The maximum absolute atomic E-state index is 14.3. The molecule has 1 heterocycles. The van der Waals surface area contributed by atoms with Crippen LogP contribution in [-0.2, 0) is 24.2 Å². The number of aliphatic carboxylic acids is 1. The highest BCUT2D eigenvalue weighted by Gasteiger charge is 2.38. The normalized spacial score (nSPS) is 16.3. The molecule has 0 saturated carbocycles. The molecule has 4 rings (SSSR count). The molecule has 1 atom stereocenters. The summed E-state index contributed by atoms with van der Waals surface area (Å²) in [4.78, 5) is 26.2. The Bertz CT molecular complexity index is 1280. The van der Waals surface area contributed by atoms with Crippen LogP contribution in [0, 0.1) is 5.82 Å². The van der Waals surface area contributed by atoms with E-state index in [0.717, 1.165) is 5.56 Å². The lowest BCUT2D eigenvalue weighted by atomic mass is 9.91. The third-order valence-corrected chi connectivity index (χ3v) is 6.33. The van der Waals surface area contributed by atoms with Gasteiger partial charge in [0, 0.05) is 35.5 Å². The van der Waals surface area contributed by atoms with E-state index in [9.17, 15) is 19.1 Å². The molecule has 1 N–H and O–H groups in total. The Labute approximate surface area is 207 Å². The minimum absolute atomic E-state index is 0.0334. The van der Waals surface area contributed by atoms with Gasteiger partial charge < -0.3 is 19.5 Å². The Kier molecular flexibility index (Phi) is 6.98.